The van der Waals surface area contributed by atoms with Gasteiger partial charge in [0.15, 0.2) is 0 Å². The summed E-state index contributed by atoms with van der Waals surface area (Å²) < 4.78 is 1.23. The molecule has 0 aliphatic rings. The van der Waals surface area contributed by atoms with Gasteiger partial charge in [-0.1, -0.05) is 0 Å². The van der Waals surface area contributed by atoms with Crippen LogP contribution in [-0.2, 0) is 0 Å². The highest BCUT2D eigenvalue weighted by molar-refractivity contribution is 7.19. The van der Waals surface area contributed by atoms with Crippen LogP contribution < -0.4 is 0 Å². The maximum absolute atomic E-state index is 4.26. The zero-order chi connectivity index (χ0) is 8.72. The van der Waals surface area contributed by atoms with Crippen LogP contribution in [-0.4, -0.2) is 9.97 Å². The second-order valence-corrected chi connectivity index (χ2v) is 4.14. The molecule has 0 aromatic carbocycles. The number of hydrogen-bond donors (Lipinski definition) is 0. The van der Waals surface area contributed by atoms with E-state index in [4.69, 9.17) is 0 Å². The number of aryl methyl sites for hydroxylation is 3. The first-order valence-electron chi connectivity index (χ1n) is 3.87. The Labute approximate surface area is 75.3 Å². The van der Waals surface area contributed by atoms with Gasteiger partial charge in [0.25, 0.3) is 0 Å². The summed E-state index contributed by atoms with van der Waals surface area (Å²) in [5, 5.41) is 0. The Morgan fingerprint density at radius 1 is 1.17 bits per heavy atom. The molecular weight excluding hydrogens is 168 g/mol. The molecule has 0 unspecified atom stereocenters. The van der Waals surface area contributed by atoms with Crippen LogP contribution >= 0.6 is 11.3 Å². The topological polar surface area (TPSA) is 25.8 Å². The van der Waals surface area contributed by atoms with E-state index in [1.165, 1.54) is 15.1 Å². The van der Waals surface area contributed by atoms with Crippen molar-refractivity contribution in [1.82, 2.24) is 9.97 Å². The molecule has 0 spiro atoms. The zero-order valence-corrected chi connectivity index (χ0v) is 8.20. The third-order valence-corrected chi connectivity index (χ3v) is 3.43. The van der Waals surface area contributed by atoms with E-state index in [0.717, 1.165) is 11.2 Å². The van der Waals surface area contributed by atoms with E-state index in [1.54, 1.807) is 17.7 Å². The fraction of sp³-hybridized carbons (Fsp3) is 0.333. The third kappa shape index (κ3) is 0.932. The van der Waals surface area contributed by atoms with Crippen LogP contribution in [0.25, 0.3) is 10.2 Å². The largest absolute Gasteiger partial charge is 0.240 e. The Balaban J connectivity index is 2.95. The number of fused-ring (bicyclic) bond motifs is 1. The number of rotatable bonds is 0. The Kier molecular flexibility index (Phi) is 1.61. The van der Waals surface area contributed by atoms with Crippen LogP contribution in [0, 0.1) is 20.8 Å². The average Bonchev–Trinajstić information content (AvgIpc) is 2.32. The highest BCUT2D eigenvalue weighted by atomic mass is 32.1. The smallest absolute Gasteiger partial charge is 0.116 e. The lowest BCUT2D eigenvalue weighted by Gasteiger charge is -1.92. The lowest BCUT2D eigenvalue weighted by Crippen LogP contribution is -1.83. The van der Waals surface area contributed by atoms with Crippen LogP contribution in [0.5, 0.6) is 0 Å². The van der Waals surface area contributed by atoms with Crippen LogP contribution in [0.4, 0.5) is 0 Å². The van der Waals surface area contributed by atoms with E-state index >= 15 is 0 Å². The second kappa shape index (κ2) is 2.52. The molecular formula is C9H10N2S. The molecule has 2 aromatic heterocycles. The number of hydrogen-bond acceptors (Lipinski definition) is 3. The molecule has 12 heavy (non-hydrogen) atoms. The second-order valence-electron chi connectivity index (χ2n) is 2.92. The van der Waals surface area contributed by atoms with Gasteiger partial charge in [0.1, 0.15) is 6.33 Å². The molecule has 62 valence electrons. The highest BCUT2D eigenvalue weighted by Gasteiger charge is 2.07. The van der Waals surface area contributed by atoms with Crippen molar-refractivity contribution in [3.63, 3.8) is 0 Å². The quantitative estimate of drug-likeness (QED) is 0.619. The first-order chi connectivity index (χ1) is 5.70. The van der Waals surface area contributed by atoms with E-state index in [2.05, 4.69) is 23.8 Å². The molecule has 2 aromatic rings. The minimum atomic E-state index is 1.08. The first kappa shape index (κ1) is 7.68. The van der Waals surface area contributed by atoms with Crippen molar-refractivity contribution in [2.75, 3.05) is 0 Å². The molecule has 0 amide bonds. The molecule has 0 fully saturated rings. The minimum Gasteiger partial charge on any atom is -0.240 e. The summed E-state index contributed by atoms with van der Waals surface area (Å²) in [6, 6.07) is 0. The van der Waals surface area contributed by atoms with Gasteiger partial charge in [-0.05, 0) is 26.3 Å². The van der Waals surface area contributed by atoms with Gasteiger partial charge in [0.2, 0.25) is 0 Å². The summed E-state index contributed by atoms with van der Waals surface area (Å²) in [6.07, 6.45) is 1.64. The first-order valence-corrected chi connectivity index (χ1v) is 4.69. The monoisotopic (exact) mass is 178 g/mol. The normalized spacial score (nSPS) is 10.9. The van der Waals surface area contributed by atoms with Gasteiger partial charge in [-0.15, -0.1) is 11.3 Å². The van der Waals surface area contributed by atoms with Gasteiger partial charge in [0.05, 0.1) is 15.9 Å². The molecule has 0 aliphatic carbocycles. The van der Waals surface area contributed by atoms with E-state index in [-0.39, 0.29) is 0 Å². The lowest BCUT2D eigenvalue weighted by molar-refractivity contribution is 1.15. The van der Waals surface area contributed by atoms with Gasteiger partial charge < -0.3 is 0 Å². The van der Waals surface area contributed by atoms with Crippen LogP contribution in [0.1, 0.15) is 16.1 Å². The van der Waals surface area contributed by atoms with Crippen molar-refractivity contribution >= 4 is 21.6 Å². The predicted octanol–water partition coefficient (Wildman–Crippen LogP) is 2.62. The fourth-order valence-corrected chi connectivity index (χ4v) is 2.31. The van der Waals surface area contributed by atoms with Crippen LogP contribution in [0.3, 0.4) is 0 Å². The summed E-state index contributed by atoms with van der Waals surface area (Å²) in [6.45, 7) is 6.26. The maximum Gasteiger partial charge on any atom is 0.116 e. The van der Waals surface area contributed by atoms with Crippen molar-refractivity contribution in [2.24, 2.45) is 0 Å². The lowest BCUT2D eigenvalue weighted by atomic mass is 10.2. The average molecular weight is 178 g/mol. The Morgan fingerprint density at radius 3 is 2.58 bits per heavy atom. The summed E-state index contributed by atoms with van der Waals surface area (Å²) in [4.78, 5) is 9.76. The highest BCUT2D eigenvalue weighted by Crippen LogP contribution is 2.29. The molecule has 3 heteroatoms. The van der Waals surface area contributed by atoms with Crippen molar-refractivity contribution in [3.8, 4) is 0 Å². The number of nitrogens with zero attached hydrogens (tertiary/aromatic N) is 2. The third-order valence-electron chi connectivity index (χ3n) is 2.12. The molecule has 0 aliphatic heterocycles. The molecule has 0 radical (unpaired) electrons. The van der Waals surface area contributed by atoms with Crippen LogP contribution in [0.2, 0.25) is 0 Å². The van der Waals surface area contributed by atoms with Gasteiger partial charge in [-0.25, -0.2) is 9.97 Å². The Bertz CT molecular complexity index is 431. The van der Waals surface area contributed by atoms with Gasteiger partial charge in [-0.3, -0.25) is 0 Å². The summed E-state index contributed by atoms with van der Waals surface area (Å²) in [5.41, 5.74) is 3.49. The summed E-state index contributed by atoms with van der Waals surface area (Å²) in [7, 11) is 0. The summed E-state index contributed by atoms with van der Waals surface area (Å²) >= 11 is 1.78. The molecule has 2 rings (SSSR count). The fourth-order valence-electron chi connectivity index (χ4n) is 1.25. The standard InChI is InChI=1S/C9H10N2S/c1-5-7(3)12-9-6(2)10-4-11-8(5)9/h4H,1-3H3. The van der Waals surface area contributed by atoms with Crippen molar-refractivity contribution in [3.05, 3.63) is 22.5 Å². The van der Waals surface area contributed by atoms with E-state index < -0.39 is 0 Å². The van der Waals surface area contributed by atoms with Crippen molar-refractivity contribution < 1.29 is 0 Å². The maximum atomic E-state index is 4.26. The predicted molar refractivity (Wildman–Crippen MR) is 51.6 cm³/mol. The van der Waals surface area contributed by atoms with Gasteiger partial charge >= 0.3 is 0 Å². The molecule has 0 atom stereocenters. The molecule has 0 N–H and O–H groups in total. The van der Waals surface area contributed by atoms with Crippen molar-refractivity contribution in [1.29, 1.82) is 0 Å². The van der Waals surface area contributed by atoms with E-state index in [1.807, 2.05) is 6.92 Å². The molecule has 0 saturated heterocycles. The Hall–Kier alpha value is -0.960. The molecule has 2 heterocycles. The Morgan fingerprint density at radius 2 is 1.92 bits per heavy atom. The molecule has 0 bridgehead atoms. The number of thiophene rings is 1. The van der Waals surface area contributed by atoms with Gasteiger partial charge in [-0.2, -0.15) is 0 Å². The van der Waals surface area contributed by atoms with Gasteiger partial charge in [0, 0.05) is 4.88 Å². The van der Waals surface area contributed by atoms with E-state index in [0.29, 0.717) is 0 Å². The molecule has 2 nitrogen and oxygen atoms in total. The zero-order valence-electron chi connectivity index (χ0n) is 7.38. The molecule has 0 saturated carbocycles. The SMILES string of the molecule is Cc1sc2c(C)ncnc2c1C. The van der Waals surface area contributed by atoms with Crippen LogP contribution in [0.15, 0.2) is 6.33 Å². The summed E-state index contributed by atoms with van der Waals surface area (Å²) in [5.74, 6) is 0. The van der Waals surface area contributed by atoms with Crippen molar-refractivity contribution in [2.45, 2.75) is 20.8 Å². The minimum absolute atomic E-state index is 1.08. The van der Waals surface area contributed by atoms with E-state index in [9.17, 15) is 0 Å². The number of aromatic nitrogens is 2.